The molecule has 0 amide bonds. The van der Waals surface area contributed by atoms with Crippen molar-refractivity contribution in [2.24, 2.45) is 0 Å². The lowest BCUT2D eigenvalue weighted by atomic mass is 10.1. The van der Waals surface area contributed by atoms with Gasteiger partial charge in [-0.1, -0.05) is 30.3 Å². The molecular formula is C17H14F2O3. The van der Waals surface area contributed by atoms with Crippen molar-refractivity contribution in [2.75, 3.05) is 7.11 Å². The van der Waals surface area contributed by atoms with Gasteiger partial charge in [-0.3, -0.25) is 4.79 Å². The SMILES string of the molecule is COc1cccc(C(=O)/C=C/c2ccccc2OC(F)F)c1. The number of rotatable bonds is 6. The molecular weight excluding hydrogens is 290 g/mol. The quantitative estimate of drug-likeness (QED) is 0.593. The van der Waals surface area contributed by atoms with E-state index in [1.807, 2.05) is 0 Å². The monoisotopic (exact) mass is 304 g/mol. The third-order valence-electron chi connectivity index (χ3n) is 2.90. The minimum atomic E-state index is -2.91. The van der Waals surface area contributed by atoms with E-state index in [1.54, 1.807) is 42.5 Å². The maximum absolute atomic E-state index is 12.3. The summed E-state index contributed by atoms with van der Waals surface area (Å²) in [5.41, 5.74) is 0.849. The van der Waals surface area contributed by atoms with Crippen LogP contribution < -0.4 is 9.47 Å². The number of ketones is 1. The van der Waals surface area contributed by atoms with E-state index >= 15 is 0 Å². The zero-order chi connectivity index (χ0) is 15.9. The number of hydrogen-bond acceptors (Lipinski definition) is 3. The van der Waals surface area contributed by atoms with Crippen molar-refractivity contribution in [2.45, 2.75) is 6.61 Å². The first kappa shape index (κ1) is 15.7. The van der Waals surface area contributed by atoms with Gasteiger partial charge in [-0.05, 0) is 30.4 Å². The van der Waals surface area contributed by atoms with E-state index in [-0.39, 0.29) is 11.5 Å². The normalized spacial score (nSPS) is 10.9. The summed E-state index contributed by atoms with van der Waals surface area (Å²) in [6.07, 6.45) is 2.75. The topological polar surface area (TPSA) is 35.5 Å². The highest BCUT2D eigenvalue weighted by molar-refractivity contribution is 6.07. The molecule has 2 rings (SSSR count). The summed E-state index contributed by atoms with van der Waals surface area (Å²) in [5.74, 6) is 0.332. The second-order valence-corrected chi connectivity index (χ2v) is 4.35. The predicted molar refractivity (Wildman–Crippen MR) is 79.4 cm³/mol. The largest absolute Gasteiger partial charge is 0.497 e. The number of para-hydroxylation sites is 1. The van der Waals surface area contributed by atoms with E-state index in [0.717, 1.165) is 0 Å². The Morgan fingerprint density at radius 2 is 1.91 bits per heavy atom. The highest BCUT2D eigenvalue weighted by Gasteiger charge is 2.08. The molecule has 2 aromatic carbocycles. The van der Waals surface area contributed by atoms with Crippen molar-refractivity contribution in [3.63, 3.8) is 0 Å². The van der Waals surface area contributed by atoms with Gasteiger partial charge in [0.1, 0.15) is 11.5 Å². The van der Waals surface area contributed by atoms with Gasteiger partial charge in [-0.25, -0.2) is 0 Å². The molecule has 0 saturated heterocycles. The Hall–Kier alpha value is -2.69. The molecule has 0 aliphatic carbocycles. The van der Waals surface area contributed by atoms with Gasteiger partial charge in [0.05, 0.1) is 7.11 Å². The molecule has 0 fully saturated rings. The third-order valence-corrected chi connectivity index (χ3v) is 2.90. The lowest BCUT2D eigenvalue weighted by molar-refractivity contribution is -0.0499. The third kappa shape index (κ3) is 4.15. The van der Waals surface area contributed by atoms with Gasteiger partial charge in [0, 0.05) is 11.1 Å². The number of carbonyl (C=O) groups excluding carboxylic acids is 1. The highest BCUT2D eigenvalue weighted by atomic mass is 19.3. The van der Waals surface area contributed by atoms with Crippen LogP contribution in [0.25, 0.3) is 6.08 Å². The Morgan fingerprint density at radius 3 is 2.64 bits per heavy atom. The van der Waals surface area contributed by atoms with Crippen molar-refractivity contribution in [3.05, 3.63) is 65.7 Å². The molecule has 22 heavy (non-hydrogen) atoms. The number of carbonyl (C=O) groups is 1. The van der Waals surface area contributed by atoms with Gasteiger partial charge in [0.2, 0.25) is 0 Å². The molecule has 0 aromatic heterocycles. The molecule has 0 atom stereocenters. The summed E-state index contributed by atoms with van der Waals surface area (Å²) in [6, 6.07) is 13.0. The fourth-order valence-corrected chi connectivity index (χ4v) is 1.86. The molecule has 5 heteroatoms. The van der Waals surface area contributed by atoms with E-state index in [4.69, 9.17) is 4.74 Å². The van der Waals surface area contributed by atoms with Gasteiger partial charge >= 0.3 is 6.61 Å². The van der Waals surface area contributed by atoms with E-state index in [0.29, 0.717) is 16.9 Å². The van der Waals surface area contributed by atoms with Crippen LogP contribution in [0.15, 0.2) is 54.6 Å². The number of ether oxygens (including phenoxy) is 2. The van der Waals surface area contributed by atoms with Gasteiger partial charge in [-0.2, -0.15) is 8.78 Å². The molecule has 114 valence electrons. The maximum Gasteiger partial charge on any atom is 0.387 e. The van der Waals surface area contributed by atoms with E-state index in [9.17, 15) is 13.6 Å². The number of benzene rings is 2. The average Bonchev–Trinajstić information content (AvgIpc) is 2.53. The van der Waals surface area contributed by atoms with Crippen molar-refractivity contribution in [1.82, 2.24) is 0 Å². The molecule has 3 nitrogen and oxygen atoms in total. The minimum Gasteiger partial charge on any atom is -0.497 e. The molecule has 0 aliphatic rings. The van der Waals surface area contributed by atoms with Gasteiger partial charge in [-0.15, -0.1) is 0 Å². The summed E-state index contributed by atoms with van der Waals surface area (Å²) >= 11 is 0. The van der Waals surface area contributed by atoms with Crippen LogP contribution in [0.1, 0.15) is 15.9 Å². The van der Waals surface area contributed by atoms with Crippen LogP contribution in [0.2, 0.25) is 0 Å². The van der Waals surface area contributed by atoms with E-state index in [2.05, 4.69) is 4.74 Å². The lowest BCUT2D eigenvalue weighted by Gasteiger charge is -2.07. The molecule has 0 radical (unpaired) electrons. The Labute approximate surface area is 126 Å². The Balaban J connectivity index is 2.19. The Bertz CT molecular complexity index is 681. The number of alkyl halides is 2. The van der Waals surface area contributed by atoms with Crippen molar-refractivity contribution < 1.29 is 23.0 Å². The fourth-order valence-electron chi connectivity index (χ4n) is 1.86. The van der Waals surface area contributed by atoms with Crippen LogP contribution in [0.4, 0.5) is 8.78 Å². The van der Waals surface area contributed by atoms with Crippen LogP contribution >= 0.6 is 0 Å². The molecule has 0 aliphatic heterocycles. The lowest BCUT2D eigenvalue weighted by Crippen LogP contribution is -2.03. The second-order valence-electron chi connectivity index (χ2n) is 4.35. The van der Waals surface area contributed by atoms with Crippen LogP contribution in [0, 0.1) is 0 Å². The summed E-state index contributed by atoms with van der Waals surface area (Å²) in [6.45, 7) is -2.91. The number of halogens is 2. The Morgan fingerprint density at radius 1 is 1.14 bits per heavy atom. The number of hydrogen-bond donors (Lipinski definition) is 0. The molecule has 0 spiro atoms. The van der Waals surface area contributed by atoms with E-state index in [1.165, 1.54) is 25.3 Å². The molecule has 0 unspecified atom stereocenters. The zero-order valence-electron chi connectivity index (χ0n) is 11.8. The molecule has 0 heterocycles. The highest BCUT2D eigenvalue weighted by Crippen LogP contribution is 2.22. The fraction of sp³-hybridized carbons (Fsp3) is 0.118. The van der Waals surface area contributed by atoms with Crippen molar-refractivity contribution in [3.8, 4) is 11.5 Å². The van der Waals surface area contributed by atoms with Gasteiger partial charge in [0.15, 0.2) is 5.78 Å². The molecule has 0 N–H and O–H groups in total. The first-order chi connectivity index (χ1) is 10.6. The van der Waals surface area contributed by atoms with E-state index < -0.39 is 6.61 Å². The van der Waals surface area contributed by atoms with Gasteiger partial charge in [0.25, 0.3) is 0 Å². The van der Waals surface area contributed by atoms with Crippen LogP contribution in [-0.2, 0) is 0 Å². The van der Waals surface area contributed by atoms with Gasteiger partial charge < -0.3 is 9.47 Å². The standard InChI is InChI=1S/C17H14F2O3/c1-21-14-7-4-6-13(11-14)15(20)10-9-12-5-2-3-8-16(12)22-17(18)19/h2-11,17H,1H3/b10-9+. The van der Waals surface area contributed by atoms with Crippen molar-refractivity contribution >= 4 is 11.9 Å². The predicted octanol–water partition coefficient (Wildman–Crippen LogP) is 4.19. The molecule has 0 bridgehead atoms. The number of allylic oxidation sites excluding steroid dienone is 1. The Kier molecular flexibility index (Phi) is 5.25. The first-order valence-corrected chi connectivity index (χ1v) is 6.50. The zero-order valence-corrected chi connectivity index (χ0v) is 11.8. The van der Waals surface area contributed by atoms with Crippen LogP contribution in [-0.4, -0.2) is 19.5 Å². The van der Waals surface area contributed by atoms with Crippen LogP contribution in [0.3, 0.4) is 0 Å². The minimum absolute atomic E-state index is 0.0205. The second kappa shape index (κ2) is 7.36. The smallest absolute Gasteiger partial charge is 0.387 e. The van der Waals surface area contributed by atoms with Crippen LogP contribution in [0.5, 0.6) is 11.5 Å². The first-order valence-electron chi connectivity index (χ1n) is 6.50. The summed E-state index contributed by atoms with van der Waals surface area (Å²) in [4.78, 5) is 12.1. The summed E-state index contributed by atoms with van der Waals surface area (Å²) < 4.78 is 34.1. The van der Waals surface area contributed by atoms with Crippen molar-refractivity contribution in [1.29, 1.82) is 0 Å². The number of methoxy groups -OCH3 is 1. The summed E-state index contributed by atoms with van der Waals surface area (Å²) in [7, 11) is 1.51. The maximum atomic E-state index is 12.3. The molecule has 2 aromatic rings. The summed E-state index contributed by atoms with van der Waals surface area (Å²) in [5, 5.41) is 0. The average molecular weight is 304 g/mol. The molecule has 0 saturated carbocycles.